The first-order valence-corrected chi connectivity index (χ1v) is 4.93. The molecule has 0 aliphatic carbocycles. The molecule has 0 fully saturated rings. The number of aliphatic carboxylic acids is 1. The van der Waals surface area contributed by atoms with Gasteiger partial charge in [-0.05, 0) is 32.3 Å². The summed E-state index contributed by atoms with van der Waals surface area (Å²) in [6.07, 6.45) is 0.512. The van der Waals surface area contributed by atoms with E-state index >= 15 is 0 Å². The number of nitrogens with zero attached hydrogens (tertiary/aromatic N) is 1. The molecule has 0 aromatic carbocycles. The minimum Gasteiger partial charge on any atom is -0.480 e. The van der Waals surface area contributed by atoms with Gasteiger partial charge in [0, 0.05) is 0 Å². The van der Waals surface area contributed by atoms with Crippen molar-refractivity contribution < 1.29 is 14.3 Å². The third-order valence-electron chi connectivity index (χ3n) is 2.08. The topological polar surface area (TPSA) is 102 Å². The molecule has 0 aromatic heterocycles. The van der Waals surface area contributed by atoms with Crippen LogP contribution in [-0.2, 0) is 4.79 Å². The predicted molar refractivity (Wildman–Crippen MR) is 60.8 cm³/mol. The maximum atomic E-state index is 13.3. The second-order valence-corrected chi connectivity index (χ2v) is 3.63. The van der Waals surface area contributed by atoms with Crippen molar-refractivity contribution in [3.63, 3.8) is 0 Å². The van der Waals surface area contributed by atoms with E-state index in [1.54, 1.807) is 13.8 Å². The number of hydrogen-bond donors (Lipinski definition) is 3. The first-order valence-electron chi connectivity index (χ1n) is 4.93. The monoisotopic (exact) mass is 231 g/mol. The zero-order valence-electron chi connectivity index (χ0n) is 9.53. The molecule has 0 amide bonds. The van der Waals surface area contributed by atoms with Crippen molar-refractivity contribution in [1.82, 2.24) is 0 Å². The Hall–Kier alpha value is -1.43. The molecule has 0 unspecified atom stereocenters. The second kappa shape index (κ2) is 6.95. The minimum absolute atomic E-state index is 0.101. The summed E-state index contributed by atoms with van der Waals surface area (Å²) < 4.78 is 13.3. The first kappa shape index (κ1) is 14.6. The summed E-state index contributed by atoms with van der Waals surface area (Å²) in [5.41, 5.74) is 11.0. The van der Waals surface area contributed by atoms with E-state index in [0.29, 0.717) is 17.8 Å². The van der Waals surface area contributed by atoms with Crippen molar-refractivity contribution >= 4 is 11.8 Å². The van der Waals surface area contributed by atoms with Crippen molar-refractivity contribution in [2.75, 3.05) is 6.54 Å². The lowest BCUT2D eigenvalue weighted by Crippen LogP contribution is -2.29. The molecule has 5 N–H and O–H groups in total. The smallest absolute Gasteiger partial charge is 0.320 e. The fourth-order valence-electron chi connectivity index (χ4n) is 0.960. The maximum Gasteiger partial charge on any atom is 0.320 e. The van der Waals surface area contributed by atoms with Gasteiger partial charge in [0.2, 0.25) is 0 Å². The Bertz CT molecular complexity index is 309. The van der Waals surface area contributed by atoms with E-state index in [1.807, 2.05) is 0 Å². The minimum atomic E-state index is -1.08. The molecule has 0 aromatic rings. The lowest BCUT2D eigenvalue weighted by molar-refractivity contribution is -0.138. The quantitative estimate of drug-likeness (QED) is 0.464. The van der Waals surface area contributed by atoms with Gasteiger partial charge in [0.15, 0.2) is 0 Å². The highest BCUT2D eigenvalue weighted by Gasteiger charge is 2.12. The van der Waals surface area contributed by atoms with Crippen LogP contribution in [0.4, 0.5) is 4.39 Å². The number of hydrogen-bond acceptors (Lipinski definition) is 3. The third-order valence-corrected chi connectivity index (χ3v) is 2.08. The Morgan fingerprint density at radius 1 is 1.50 bits per heavy atom. The van der Waals surface area contributed by atoms with Gasteiger partial charge in [-0.15, -0.1) is 0 Å². The molecule has 0 bridgehead atoms. The number of allylic oxidation sites excluding steroid dienone is 1. The summed E-state index contributed by atoms with van der Waals surface area (Å²) in [5.74, 6) is -1.16. The number of amidine groups is 1. The Kier molecular flexibility index (Phi) is 6.32. The van der Waals surface area contributed by atoms with Crippen LogP contribution in [0.5, 0.6) is 0 Å². The predicted octanol–water partition coefficient (Wildman–Crippen LogP) is 0.799. The molecule has 0 saturated heterocycles. The van der Waals surface area contributed by atoms with Gasteiger partial charge >= 0.3 is 5.97 Å². The van der Waals surface area contributed by atoms with E-state index in [-0.39, 0.29) is 18.8 Å². The molecule has 0 saturated carbocycles. The van der Waals surface area contributed by atoms with E-state index in [1.165, 1.54) is 0 Å². The molecule has 1 atom stereocenters. The Morgan fingerprint density at radius 2 is 2.06 bits per heavy atom. The van der Waals surface area contributed by atoms with Crippen LogP contribution >= 0.6 is 0 Å². The average Bonchev–Trinajstić information content (AvgIpc) is 2.21. The summed E-state index contributed by atoms with van der Waals surface area (Å²) in [6, 6.07) is -0.956. The summed E-state index contributed by atoms with van der Waals surface area (Å²) in [4.78, 5) is 14.1. The van der Waals surface area contributed by atoms with Gasteiger partial charge in [0.1, 0.15) is 11.9 Å². The number of halogens is 1. The summed E-state index contributed by atoms with van der Waals surface area (Å²) >= 11 is 0. The van der Waals surface area contributed by atoms with Crippen LogP contribution in [0.3, 0.4) is 0 Å². The standard InChI is InChI=1S/C10H18FN3O2/c1-6(3-4-9(13)10(15)16)8(11)5-14-7(2)12/h9H,3-5,13H2,1-2H3,(H2,12,14)(H,15,16)/b8-6-/t9-/m1/s1. The zero-order valence-corrected chi connectivity index (χ0v) is 9.53. The van der Waals surface area contributed by atoms with Crippen molar-refractivity contribution in [3.05, 3.63) is 11.4 Å². The molecule has 5 nitrogen and oxygen atoms in total. The Labute approximate surface area is 94.0 Å². The van der Waals surface area contributed by atoms with Gasteiger partial charge in [-0.3, -0.25) is 9.79 Å². The number of nitrogens with two attached hydrogens (primary N) is 2. The van der Waals surface area contributed by atoms with E-state index in [4.69, 9.17) is 16.6 Å². The Morgan fingerprint density at radius 3 is 2.50 bits per heavy atom. The number of rotatable bonds is 6. The molecule has 0 radical (unpaired) electrons. The van der Waals surface area contributed by atoms with Crippen molar-refractivity contribution in [1.29, 1.82) is 0 Å². The lowest BCUT2D eigenvalue weighted by atomic mass is 10.1. The fourth-order valence-corrected chi connectivity index (χ4v) is 0.960. The van der Waals surface area contributed by atoms with E-state index < -0.39 is 12.0 Å². The summed E-state index contributed by atoms with van der Waals surface area (Å²) in [7, 11) is 0. The van der Waals surface area contributed by atoms with E-state index in [9.17, 15) is 9.18 Å². The van der Waals surface area contributed by atoms with Crippen molar-refractivity contribution in [3.8, 4) is 0 Å². The Balaban J connectivity index is 4.21. The van der Waals surface area contributed by atoms with Crippen LogP contribution in [0.2, 0.25) is 0 Å². The van der Waals surface area contributed by atoms with Crippen LogP contribution in [0, 0.1) is 0 Å². The number of carbonyl (C=O) groups is 1. The highest BCUT2D eigenvalue weighted by molar-refractivity contribution is 5.77. The van der Waals surface area contributed by atoms with Crippen LogP contribution in [0.25, 0.3) is 0 Å². The molecule has 0 aliphatic rings. The normalized spacial score (nSPS) is 15.6. The first-order chi connectivity index (χ1) is 7.34. The molecule has 0 aliphatic heterocycles. The molecule has 16 heavy (non-hydrogen) atoms. The summed E-state index contributed by atoms with van der Waals surface area (Å²) in [6.45, 7) is 3.06. The highest BCUT2D eigenvalue weighted by atomic mass is 19.1. The van der Waals surface area contributed by atoms with Crippen LogP contribution < -0.4 is 11.5 Å². The van der Waals surface area contributed by atoms with Gasteiger partial charge in [-0.1, -0.05) is 0 Å². The van der Waals surface area contributed by atoms with Gasteiger partial charge < -0.3 is 16.6 Å². The molecular formula is C10H18FN3O2. The van der Waals surface area contributed by atoms with Gasteiger partial charge in [0.05, 0.1) is 12.4 Å². The van der Waals surface area contributed by atoms with Crippen molar-refractivity contribution in [2.45, 2.75) is 32.7 Å². The maximum absolute atomic E-state index is 13.3. The van der Waals surface area contributed by atoms with Gasteiger partial charge in [0.25, 0.3) is 0 Å². The lowest BCUT2D eigenvalue weighted by Gasteiger charge is -2.07. The van der Waals surface area contributed by atoms with Crippen molar-refractivity contribution in [2.24, 2.45) is 16.5 Å². The molecular weight excluding hydrogens is 213 g/mol. The van der Waals surface area contributed by atoms with Crippen LogP contribution in [0.1, 0.15) is 26.7 Å². The van der Waals surface area contributed by atoms with Gasteiger partial charge in [-0.25, -0.2) is 4.39 Å². The molecule has 0 rings (SSSR count). The number of aliphatic imine (C=N–C) groups is 1. The number of carboxylic acid groups (broad SMARTS) is 1. The van der Waals surface area contributed by atoms with Crippen LogP contribution in [-0.4, -0.2) is 29.5 Å². The zero-order chi connectivity index (χ0) is 12.7. The SMILES string of the molecule is CC(N)=NC/C(F)=C(\C)CC[C@@H](N)C(=O)O. The molecule has 0 heterocycles. The molecule has 0 spiro atoms. The van der Waals surface area contributed by atoms with E-state index in [0.717, 1.165) is 0 Å². The third kappa shape index (κ3) is 6.13. The second-order valence-electron chi connectivity index (χ2n) is 3.63. The van der Waals surface area contributed by atoms with E-state index in [2.05, 4.69) is 4.99 Å². The largest absolute Gasteiger partial charge is 0.480 e. The number of carboxylic acids is 1. The van der Waals surface area contributed by atoms with Crippen LogP contribution in [0.15, 0.2) is 16.4 Å². The molecule has 6 heteroatoms. The average molecular weight is 231 g/mol. The van der Waals surface area contributed by atoms with Gasteiger partial charge in [-0.2, -0.15) is 0 Å². The summed E-state index contributed by atoms with van der Waals surface area (Å²) in [5, 5.41) is 8.54. The molecule has 92 valence electrons. The highest BCUT2D eigenvalue weighted by Crippen LogP contribution is 2.13. The fraction of sp³-hybridized carbons (Fsp3) is 0.600.